The number of nitrogens with one attached hydrogen (secondary N) is 1. The van der Waals surface area contributed by atoms with E-state index in [2.05, 4.69) is 79.0 Å². The number of ether oxygens (including phenoxy) is 2. The van der Waals surface area contributed by atoms with Crippen molar-refractivity contribution in [1.29, 1.82) is 0 Å². The number of para-hydroxylation sites is 1. The maximum Gasteiger partial charge on any atom is 0.122 e. The highest BCUT2D eigenvalue weighted by Crippen LogP contribution is 2.35. The van der Waals surface area contributed by atoms with Crippen LogP contribution in [0.3, 0.4) is 0 Å². The molecular weight excluding hydrogens is 370 g/mol. The summed E-state index contributed by atoms with van der Waals surface area (Å²) in [6.45, 7) is 7.21. The highest BCUT2D eigenvalue weighted by molar-refractivity contribution is 5.43. The van der Waals surface area contributed by atoms with Crippen LogP contribution in [0.5, 0.6) is 11.5 Å². The van der Waals surface area contributed by atoms with Crippen LogP contribution < -0.4 is 14.8 Å². The van der Waals surface area contributed by atoms with Gasteiger partial charge in [-0.3, -0.25) is 0 Å². The van der Waals surface area contributed by atoms with Crippen LogP contribution in [0, 0.1) is 0 Å². The molecule has 1 N–H and O–H groups in total. The van der Waals surface area contributed by atoms with Crippen LogP contribution in [0.2, 0.25) is 0 Å². The van der Waals surface area contributed by atoms with Crippen molar-refractivity contribution in [2.24, 2.45) is 0 Å². The van der Waals surface area contributed by atoms with E-state index in [0.29, 0.717) is 6.04 Å². The highest BCUT2D eigenvalue weighted by Gasteiger charge is 2.19. The first-order valence-electron chi connectivity index (χ1n) is 10.8. The minimum Gasteiger partial charge on any atom is -0.496 e. The molecule has 2 atom stereocenters. The van der Waals surface area contributed by atoms with Gasteiger partial charge in [0, 0.05) is 17.5 Å². The average molecular weight is 404 g/mol. The van der Waals surface area contributed by atoms with E-state index in [1.165, 1.54) is 16.7 Å². The third-order valence-electron chi connectivity index (χ3n) is 5.35. The molecule has 0 aromatic heterocycles. The molecule has 0 radical (unpaired) electrons. The molecule has 0 aliphatic rings. The van der Waals surface area contributed by atoms with Crippen molar-refractivity contribution in [3.05, 3.63) is 95.6 Å². The lowest BCUT2D eigenvalue weighted by molar-refractivity contribution is 0.242. The quantitative estimate of drug-likeness (QED) is 0.427. The Morgan fingerprint density at radius 1 is 0.767 bits per heavy atom. The fourth-order valence-electron chi connectivity index (χ4n) is 3.81. The normalized spacial score (nSPS) is 13.1. The zero-order chi connectivity index (χ0) is 21.3. The van der Waals surface area contributed by atoms with Gasteiger partial charge in [-0.05, 0) is 63.1 Å². The molecule has 0 aliphatic carbocycles. The second kappa shape index (κ2) is 10.8. The first-order chi connectivity index (χ1) is 14.6. The van der Waals surface area contributed by atoms with Crippen molar-refractivity contribution >= 4 is 0 Å². The molecule has 0 heterocycles. The predicted molar refractivity (Wildman–Crippen MR) is 125 cm³/mol. The molecule has 30 heavy (non-hydrogen) atoms. The molecule has 0 amide bonds. The van der Waals surface area contributed by atoms with Crippen molar-refractivity contribution in [1.82, 2.24) is 5.32 Å². The Morgan fingerprint density at radius 2 is 1.43 bits per heavy atom. The molecule has 3 rings (SSSR count). The largest absolute Gasteiger partial charge is 0.496 e. The lowest BCUT2D eigenvalue weighted by Gasteiger charge is -2.22. The SMILES string of the molecule is COc1ccccc1C(CCNC(C)c1ccccc1)c1ccc(OC(C)C)cc1. The third kappa shape index (κ3) is 5.87. The van der Waals surface area contributed by atoms with E-state index < -0.39 is 0 Å². The van der Waals surface area contributed by atoms with E-state index in [0.717, 1.165) is 24.5 Å². The fourth-order valence-corrected chi connectivity index (χ4v) is 3.81. The van der Waals surface area contributed by atoms with Crippen LogP contribution in [0.1, 0.15) is 55.8 Å². The first kappa shape index (κ1) is 21.9. The van der Waals surface area contributed by atoms with Crippen LogP contribution in [0.4, 0.5) is 0 Å². The highest BCUT2D eigenvalue weighted by atomic mass is 16.5. The van der Waals surface area contributed by atoms with Gasteiger partial charge in [-0.2, -0.15) is 0 Å². The van der Waals surface area contributed by atoms with Gasteiger partial charge in [0.05, 0.1) is 13.2 Å². The Balaban J connectivity index is 1.78. The Bertz CT molecular complexity index is 890. The molecule has 3 heteroatoms. The molecule has 0 aliphatic heterocycles. The maximum absolute atomic E-state index is 5.82. The van der Waals surface area contributed by atoms with Crippen LogP contribution in [-0.4, -0.2) is 19.8 Å². The number of benzene rings is 3. The van der Waals surface area contributed by atoms with E-state index in [9.17, 15) is 0 Å². The lowest BCUT2D eigenvalue weighted by Crippen LogP contribution is -2.22. The summed E-state index contributed by atoms with van der Waals surface area (Å²) in [4.78, 5) is 0. The lowest BCUT2D eigenvalue weighted by atomic mass is 9.87. The van der Waals surface area contributed by atoms with Crippen molar-refractivity contribution < 1.29 is 9.47 Å². The summed E-state index contributed by atoms with van der Waals surface area (Å²) < 4.78 is 11.5. The van der Waals surface area contributed by atoms with Gasteiger partial charge < -0.3 is 14.8 Å². The standard InChI is InChI=1S/C27H33NO2/c1-20(2)30-24-16-14-23(15-17-24)25(26-12-8-9-13-27(26)29-4)18-19-28-21(3)22-10-6-5-7-11-22/h5-17,20-21,25,28H,18-19H2,1-4H3. The molecule has 2 unspecified atom stereocenters. The second-order valence-corrected chi connectivity index (χ2v) is 7.91. The number of hydrogen-bond acceptors (Lipinski definition) is 3. The summed E-state index contributed by atoms with van der Waals surface area (Å²) in [5.74, 6) is 2.08. The van der Waals surface area contributed by atoms with Crippen molar-refractivity contribution in [3.8, 4) is 11.5 Å². The molecule has 3 aromatic rings. The zero-order valence-corrected chi connectivity index (χ0v) is 18.5. The second-order valence-electron chi connectivity index (χ2n) is 7.91. The molecule has 0 saturated heterocycles. The molecule has 0 spiro atoms. The van der Waals surface area contributed by atoms with E-state index in [-0.39, 0.29) is 12.0 Å². The fraction of sp³-hybridized carbons (Fsp3) is 0.333. The Kier molecular flexibility index (Phi) is 7.92. The Labute approximate surface area is 181 Å². The number of rotatable bonds is 10. The van der Waals surface area contributed by atoms with Crippen molar-refractivity contribution in [2.45, 2.75) is 45.3 Å². The van der Waals surface area contributed by atoms with Gasteiger partial charge in [0.1, 0.15) is 11.5 Å². The molecule has 158 valence electrons. The molecular formula is C27H33NO2. The van der Waals surface area contributed by atoms with E-state index >= 15 is 0 Å². The van der Waals surface area contributed by atoms with Gasteiger partial charge in [-0.15, -0.1) is 0 Å². The van der Waals surface area contributed by atoms with Gasteiger partial charge in [-0.1, -0.05) is 60.7 Å². The summed E-state index contributed by atoms with van der Waals surface area (Å²) >= 11 is 0. The summed E-state index contributed by atoms with van der Waals surface area (Å²) in [5, 5.41) is 3.68. The van der Waals surface area contributed by atoms with Gasteiger partial charge in [-0.25, -0.2) is 0 Å². The Morgan fingerprint density at radius 3 is 2.10 bits per heavy atom. The van der Waals surface area contributed by atoms with E-state index in [4.69, 9.17) is 9.47 Å². The third-order valence-corrected chi connectivity index (χ3v) is 5.35. The number of methoxy groups -OCH3 is 1. The summed E-state index contributed by atoms with van der Waals surface area (Å²) in [6, 6.07) is 27.7. The minimum absolute atomic E-state index is 0.171. The first-order valence-corrected chi connectivity index (χ1v) is 10.8. The number of hydrogen-bond donors (Lipinski definition) is 1. The van der Waals surface area contributed by atoms with Crippen LogP contribution in [0.15, 0.2) is 78.9 Å². The molecule has 0 bridgehead atoms. The van der Waals surface area contributed by atoms with Crippen LogP contribution in [-0.2, 0) is 0 Å². The summed E-state index contributed by atoms with van der Waals surface area (Å²) in [5.41, 5.74) is 3.79. The summed E-state index contributed by atoms with van der Waals surface area (Å²) in [6.07, 6.45) is 1.15. The average Bonchev–Trinajstić information content (AvgIpc) is 2.77. The minimum atomic E-state index is 0.171. The topological polar surface area (TPSA) is 30.5 Å². The molecule has 3 aromatic carbocycles. The van der Waals surface area contributed by atoms with E-state index in [1.54, 1.807) is 7.11 Å². The van der Waals surface area contributed by atoms with Gasteiger partial charge in [0.25, 0.3) is 0 Å². The molecule has 3 nitrogen and oxygen atoms in total. The monoisotopic (exact) mass is 403 g/mol. The van der Waals surface area contributed by atoms with Crippen molar-refractivity contribution in [2.75, 3.05) is 13.7 Å². The van der Waals surface area contributed by atoms with Crippen molar-refractivity contribution in [3.63, 3.8) is 0 Å². The summed E-state index contributed by atoms with van der Waals surface area (Å²) in [7, 11) is 1.74. The van der Waals surface area contributed by atoms with E-state index in [1.807, 2.05) is 26.0 Å². The smallest absolute Gasteiger partial charge is 0.122 e. The zero-order valence-electron chi connectivity index (χ0n) is 18.5. The van der Waals surface area contributed by atoms with Crippen LogP contribution >= 0.6 is 0 Å². The maximum atomic E-state index is 5.82. The van der Waals surface area contributed by atoms with Crippen LogP contribution in [0.25, 0.3) is 0 Å². The molecule has 0 fully saturated rings. The van der Waals surface area contributed by atoms with Gasteiger partial charge >= 0.3 is 0 Å². The molecule has 0 saturated carbocycles. The predicted octanol–water partition coefficient (Wildman–Crippen LogP) is 6.36. The van der Waals surface area contributed by atoms with Gasteiger partial charge in [0.2, 0.25) is 0 Å². The van der Waals surface area contributed by atoms with Gasteiger partial charge in [0.15, 0.2) is 0 Å². The Hall–Kier alpha value is -2.78.